The Balaban J connectivity index is 2.52. The van der Waals surface area contributed by atoms with Gasteiger partial charge in [0.25, 0.3) is 0 Å². The van der Waals surface area contributed by atoms with Gasteiger partial charge in [0.05, 0.1) is 13.2 Å². The number of carboxylic acids is 1. The van der Waals surface area contributed by atoms with E-state index in [4.69, 9.17) is 9.84 Å². The normalized spacial score (nSPS) is 19.7. The maximum absolute atomic E-state index is 12.1. The van der Waals surface area contributed by atoms with Gasteiger partial charge in [-0.15, -0.1) is 13.2 Å². The molecule has 1 aliphatic heterocycles. The molecule has 0 saturated carbocycles. The minimum atomic E-state index is -0.994. The van der Waals surface area contributed by atoms with E-state index in [-0.39, 0.29) is 19.0 Å². The van der Waals surface area contributed by atoms with Gasteiger partial charge in [0.2, 0.25) is 5.91 Å². The molecule has 0 aromatic carbocycles. The molecule has 0 spiro atoms. The predicted molar refractivity (Wildman–Crippen MR) is 70.8 cm³/mol. The molecule has 0 bridgehead atoms. The number of carboxylic acid groups (broad SMARTS) is 1. The fourth-order valence-corrected chi connectivity index (χ4v) is 1.88. The van der Waals surface area contributed by atoms with Gasteiger partial charge >= 0.3 is 5.97 Å². The Morgan fingerprint density at radius 3 is 2.53 bits per heavy atom. The van der Waals surface area contributed by atoms with Crippen LogP contribution in [0, 0.1) is 0 Å². The van der Waals surface area contributed by atoms with E-state index in [1.54, 1.807) is 22.0 Å². The summed E-state index contributed by atoms with van der Waals surface area (Å²) in [6.45, 7) is 9.44. The van der Waals surface area contributed by atoms with Crippen molar-refractivity contribution in [2.24, 2.45) is 0 Å². The van der Waals surface area contributed by atoms with Crippen LogP contribution in [0.1, 0.15) is 0 Å². The summed E-state index contributed by atoms with van der Waals surface area (Å²) in [6, 6.07) is 0. The van der Waals surface area contributed by atoms with E-state index in [2.05, 4.69) is 13.2 Å². The summed E-state index contributed by atoms with van der Waals surface area (Å²) in [4.78, 5) is 26.3. The molecule has 1 heterocycles. The third kappa shape index (κ3) is 4.84. The van der Waals surface area contributed by atoms with Crippen LogP contribution < -0.4 is 0 Å². The van der Waals surface area contributed by atoms with Crippen LogP contribution in [0.2, 0.25) is 0 Å². The van der Waals surface area contributed by atoms with E-state index in [0.717, 1.165) is 0 Å². The van der Waals surface area contributed by atoms with Crippen molar-refractivity contribution >= 4 is 11.9 Å². The minimum absolute atomic E-state index is 0.0640. The highest BCUT2D eigenvalue weighted by atomic mass is 16.5. The van der Waals surface area contributed by atoms with Crippen molar-refractivity contribution in [3.8, 4) is 0 Å². The molecule has 106 valence electrons. The van der Waals surface area contributed by atoms with Crippen LogP contribution in [0.25, 0.3) is 0 Å². The molecule has 6 nitrogen and oxygen atoms in total. The molecule has 0 aliphatic carbocycles. The van der Waals surface area contributed by atoms with E-state index in [1.165, 1.54) is 0 Å². The first-order chi connectivity index (χ1) is 9.08. The topological polar surface area (TPSA) is 70.1 Å². The molecule has 19 heavy (non-hydrogen) atoms. The van der Waals surface area contributed by atoms with Gasteiger partial charge in [-0.05, 0) is 0 Å². The molecule has 0 aromatic heterocycles. The maximum atomic E-state index is 12.1. The van der Waals surface area contributed by atoms with Gasteiger partial charge in [-0.25, -0.2) is 4.79 Å². The number of hydrogen-bond acceptors (Lipinski definition) is 4. The van der Waals surface area contributed by atoms with Gasteiger partial charge in [0, 0.05) is 26.2 Å². The number of amides is 1. The number of nitrogens with zero attached hydrogens (tertiary/aromatic N) is 2. The fraction of sp³-hybridized carbons (Fsp3) is 0.538. The van der Waals surface area contributed by atoms with Gasteiger partial charge in [-0.1, -0.05) is 12.2 Å². The lowest BCUT2D eigenvalue weighted by atomic mass is 10.2. The molecule has 1 atom stereocenters. The number of carbonyl (C=O) groups is 2. The molecule has 1 fully saturated rings. The molecule has 1 N–H and O–H groups in total. The summed E-state index contributed by atoms with van der Waals surface area (Å²) in [6.07, 6.45) is 2.45. The van der Waals surface area contributed by atoms with Crippen molar-refractivity contribution in [1.82, 2.24) is 9.80 Å². The van der Waals surface area contributed by atoms with E-state index in [1.807, 2.05) is 0 Å². The average molecular weight is 268 g/mol. The largest absolute Gasteiger partial charge is 0.479 e. The quantitative estimate of drug-likeness (QED) is 0.657. The van der Waals surface area contributed by atoms with Crippen LogP contribution >= 0.6 is 0 Å². The molecule has 1 aliphatic rings. The summed E-state index contributed by atoms with van der Waals surface area (Å²) in [5, 5.41) is 8.89. The number of aliphatic carboxylic acids is 1. The highest BCUT2D eigenvalue weighted by Crippen LogP contribution is 2.06. The zero-order valence-corrected chi connectivity index (χ0v) is 11.0. The monoisotopic (exact) mass is 268 g/mol. The first kappa shape index (κ1) is 15.4. The minimum Gasteiger partial charge on any atom is -0.479 e. The number of ether oxygens (including phenoxy) is 1. The molecule has 6 heteroatoms. The van der Waals surface area contributed by atoms with Gasteiger partial charge in [-0.3, -0.25) is 9.69 Å². The Morgan fingerprint density at radius 2 is 2.00 bits per heavy atom. The van der Waals surface area contributed by atoms with E-state index < -0.39 is 12.1 Å². The van der Waals surface area contributed by atoms with Crippen molar-refractivity contribution in [2.75, 3.05) is 39.3 Å². The third-order valence-corrected chi connectivity index (χ3v) is 2.84. The van der Waals surface area contributed by atoms with Crippen molar-refractivity contribution in [3.63, 3.8) is 0 Å². The Hall–Kier alpha value is -1.66. The summed E-state index contributed by atoms with van der Waals surface area (Å²) in [7, 11) is 0. The van der Waals surface area contributed by atoms with E-state index >= 15 is 0 Å². The third-order valence-electron chi connectivity index (χ3n) is 2.84. The number of carbonyl (C=O) groups excluding carboxylic acids is 1. The molecule has 1 rings (SSSR count). The number of hydrogen-bond donors (Lipinski definition) is 1. The van der Waals surface area contributed by atoms with Gasteiger partial charge in [-0.2, -0.15) is 0 Å². The first-order valence-corrected chi connectivity index (χ1v) is 6.14. The van der Waals surface area contributed by atoms with E-state index in [9.17, 15) is 9.59 Å². The maximum Gasteiger partial charge on any atom is 0.334 e. The Bertz CT molecular complexity index is 347. The van der Waals surface area contributed by atoms with Crippen molar-refractivity contribution in [2.45, 2.75) is 6.10 Å². The number of morpholine rings is 1. The lowest BCUT2D eigenvalue weighted by Gasteiger charge is -2.31. The Labute approximate surface area is 112 Å². The zero-order chi connectivity index (χ0) is 14.3. The van der Waals surface area contributed by atoms with Crippen molar-refractivity contribution < 1.29 is 19.4 Å². The molecule has 1 unspecified atom stereocenters. The lowest BCUT2D eigenvalue weighted by molar-refractivity contribution is -0.157. The highest BCUT2D eigenvalue weighted by molar-refractivity contribution is 5.79. The zero-order valence-electron chi connectivity index (χ0n) is 11.0. The Morgan fingerprint density at radius 1 is 1.37 bits per heavy atom. The van der Waals surface area contributed by atoms with Crippen molar-refractivity contribution in [1.29, 1.82) is 0 Å². The Kier molecular flexibility index (Phi) is 6.24. The summed E-state index contributed by atoms with van der Waals surface area (Å²) >= 11 is 0. The van der Waals surface area contributed by atoms with Gasteiger partial charge < -0.3 is 14.7 Å². The van der Waals surface area contributed by atoms with Crippen LogP contribution in [0.5, 0.6) is 0 Å². The summed E-state index contributed by atoms with van der Waals surface area (Å²) in [5.41, 5.74) is 0. The summed E-state index contributed by atoms with van der Waals surface area (Å²) < 4.78 is 5.11. The summed E-state index contributed by atoms with van der Waals surface area (Å²) in [5.74, 6) is -1.06. The van der Waals surface area contributed by atoms with Crippen LogP contribution in [-0.2, 0) is 14.3 Å². The number of rotatable bonds is 7. The second kappa shape index (κ2) is 7.70. The standard InChI is InChI=1S/C13H20N2O4/c1-3-5-15(6-4-2)12(16)10-14-7-8-19-11(9-14)13(17)18/h3-4,11H,1-2,5-10H2,(H,17,18). The first-order valence-electron chi connectivity index (χ1n) is 6.14. The molecule has 0 radical (unpaired) electrons. The molecule has 0 aromatic rings. The lowest BCUT2D eigenvalue weighted by Crippen LogP contribution is -2.50. The van der Waals surface area contributed by atoms with Crippen LogP contribution in [-0.4, -0.2) is 72.2 Å². The van der Waals surface area contributed by atoms with Crippen LogP contribution in [0.15, 0.2) is 25.3 Å². The van der Waals surface area contributed by atoms with Crippen molar-refractivity contribution in [3.05, 3.63) is 25.3 Å². The highest BCUT2D eigenvalue weighted by Gasteiger charge is 2.27. The molecular formula is C13H20N2O4. The van der Waals surface area contributed by atoms with E-state index in [0.29, 0.717) is 26.2 Å². The predicted octanol–water partition coefficient (Wildman–Crippen LogP) is -0.0276. The smallest absolute Gasteiger partial charge is 0.334 e. The second-order valence-corrected chi connectivity index (χ2v) is 4.31. The molecule has 1 saturated heterocycles. The van der Waals surface area contributed by atoms with Crippen LogP contribution in [0.3, 0.4) is 0 Å². The molecular weight excluding hydrogens is 248 g/mol. The van der Waals surface area contributed by atoms with Crippen LogP contribution in [0.4, 0.5) is 0 Å². The second-order valence-electron chi connectivity index (χ2n) is 4.31. The van der Waals surface area contributed by atoms with Gasteiger partial charge in [0.1, 0.15) is 0 Å². The molecule has 1 amide bonds. The van der Waals surface area contributed by atoms with Gasteiger partial charge in [0.15, 0.2) is 6.10 Å². The fourth-order valence-electron chi connectivity index (χ4n) is 1.88. The average Bonchev–Trinajstić information content (AvgIpc) is 2.38. The SMILES string of the molecule is C=CCN(CC=C)C(=O)CN1CCOC(C(=O)O)C1.